The van der Waals surface area contributed by atoms with Crippen LogP contribution in [0.4, 0.5) is 0 Å². The Morgan fingerprint density at radius 3 is 2.41 bits per heavy atom. The minimum Gasteiger partial charge on any atom is -0.490 e. The van der Waals surface area contributed by atoms with Crippen LogP contribution in [0.2, 0.25) is 0 Å². The van der Waals surface area contributed by atoms with Gasteiger partial charge in [-0.15, -0.1) is 0 Å². The maximum atomic E-state index is 12.9. The van der Waals surface area contributed by atoms with E-state index in [9.17, 15) is 19.2 Å². The molecule has 3 aromatic rings. The average Bonchev–Trinajstić information content (AvgIpc) is 3.18. The van der Waals surface area contributed by atoms with Gasteiger partial charge in [-0.25, -0.2) is 9.78 Å². The van der Waals surface area contributed by atoms with E-state index in [1.54, 1.807) is 16.5 Å². The number of pyridine rings is 1. The maximum absolute atomic E-state index is 12.9. The van der Waals surface area contributed by atoms with Gasteiger partial charge < -0.3 is 18.8 Å². The second-order valence-corrected chi connectivity index (χ2v) is 8.18. The third-order valence-corrected chi connectivity index (χ3v) is 6.10. The largest absolute Gasteiger partial charge is 0.490 e. The van der Waals surface area contributed by atoms with E-state index in [0.29, 0.717) is 31.7 Å². The number of aromatic nitrogens is 5. The normalized spacial score (nSPS) is 14.8. The minimum atomic E-state index is -0.482. The van der Waals surface area contributed by atoms with Gasteiger partial charge in [0.1, 0.15) is 18.4 Å². The number of imidazole rings is 1. The molecule has 1 saturated heterocycles. The van der Waals surface area contributed by atoms with Crippen LogP contribution in [0.1, 0.15) is 18.5 Å². The number of hydrogen-bond acceptors (Lipinski definition) is 6. The SMILES string of the molecule is Cc1cc(OC2CCN(C(=O)Cn3cnc4c3c(=O)n(C)c(=O)n4C)CC2)cc(=O)n1C. The zero-order valence-corrected chi connectivity index (χ0v) is 18.6. The van der Waals surface area contributed by atoms with Crippen LogP contribution in [-0.4, -0.2) is 53.3 Å². The average molecular weight is 442 g/mol. The van der Waals surface area contributed by atoms with Crippen LogP contribution in [0.3, 0.4) is 0 Å². The summed E-state index contributed by atoms with van der Waals surface area (Å²) in [5.74, 6) is 0.407. The Bertz CT molecular complexity index is 1370. The summed E-state index contributed by atoms with van der Waals surface area (Å²) in [5.41, 5.74) is 0.224. The second kappa shape index (κ2) is 8.13. The van der Waals surface area contributed by atoms with Crippen molar-refractivity contribution in [1.29, 1.82) is 0 Å². The molecule has 11 heteroatoms. The van der Waals surface area contributed by atoms with Crippen molar-refractivity contribution in [2.24, 2.45) is 21.1 Å². The van der Waals surface area contributed by atoms with E-state index in [1.807, 2.05) is 13.0 Å². The van der Waals surface area contributed by atoms with Crippen molar-refractivity contribution < 1.29 is 9.53 Å². The molecular weight excluding hydrogens is 416 g/mol. The van der Waals surface area contributed by atoms with Gasteiger partial charge >= 0.3 is 5.69 Å². The molecule has 3 aromatic heterocycles. The highest BCUT2D eigenvalue weighted by Gasteiger charge is 2.25. The fourth-order valence-electron chi connectivity index (χ4n) is 3.98. The molecule has 0 spiro atoms. The molecule has 4 heterocycles. The Balaban J connectivity index is 1.43. The van der Waals surface area contributed by atoms with E-state index < -0.39 is 11.2 Å². The number of aryl methyl sites for hydroxylation is 2. The molecule has 32 heavy (non-hydrogen) atoms. The number of carbonyl (C=O) groups excluding carboxylic acids is 1. The number of piperidine rings is 1. The van der Waals surface area contributed by atoms with E-state index >= 15 is 0 Å². The van der Waals surface area contributed by atoms with E-state index in [1.165, 1.54) is 35.6 Å². The first-order chi connectivity index (χ1) is 15.2. The van der Waals surface area contributed by atoms with Gasteiger partial charge in [0.05, 0.1) is 6.33 Å². The number of amides is 1. The topological polar surface area (TPSA) is 113 Å². The molecule has 1 amide bonds. The maximum Gasteiger partial charge on any atom is 0.332 e. The van der Waals surface area contributed by atoms with Gasteiger partial charge in [0, 0.05) is 58.8 Å². The first kappa shape index (κ1) is 21.6. The van der Waals surface area contributed by atoms with Gasteiger partial charge in [-0.3, -0.25) is 23.5 Å². The highest BCUT2D eigenvalue weighted by molar-refractivity contribution is 5.79. The van der Waals surface area contributed by atoms with Crippen molar-refractivity contribution in [3.63, 3.8) is 0 Å². The first-order valence-corrected chi connectivity index (χ1v) is 10.4. The van der Waals surface area contributed by atoms with Crippen molar-refractivity contribution in [2.75, 3.05) is 13.1 Å². The molecule has 1 aliphatic rings. The predicted molar refractivity (Wildman–Crippen MR) is 117 cm³/mol. The standard InChI is InChI=1S/C21H26N6O5/c1-13-9-15(10-16(28)23(13)2)32-14-5-7-26(8-6-14)17(29)11-27-12-22-19-18(27)20(30)25(4)21(31)24(19)3/h9-10,12,14H,5-8,11H2,1-4H3. The zero-order chi connectivity index (χ0) is 23.2. The first-order valence-electron chi connectivity index (χ1n) is 10.4. The van der Waals surface area contributed by atoms with Crippen LogP contribution >= 0.6 is 0 Å². The fraction of sp³-hybridized carbons (Fsp3) is 0.476. The molecule has 0 aromatic carbocycles. The Morgan fingerprint density at radius 2 is 1.75 bits per heavy atom. The molecule has 0 bridgehead atoms. The molecule has 0 atom stereocenters. The third-order valence-electron chi connectivity index (χ3n) is 6.10. The van der Waals surface area contributed by atoms with Crippen LogP contribution in [0.5, 0.6) is 5.75 Å². The Morgan fingerprint density at radius 1 is 1.06 bits per heavy atom. The summed E-state index contributed by atoms with van der Waals surface area (Å²) < 4.78 is 11.3. The molecule has 4 rings (SSSR count). The number of rotatable bonds is 4. The van der Waals surface area contributed by atoms with Crippen LogP contribution in [-0.2, 0) is 32.5 Å². The van der Waals surface area contributed by atoms with Crippen LogP contribution in [0, 0.1) is 6.92 Å². The van der Waals surface area contributed by atoms with Gasteiger partial charge in [-0.2, -0.15) is 0 Å². The zero-order valence-electron chi connectivity index (χ0n) is 18.6. The lowest BCUT2D eigenvalue weighted by Crippen LogP contribution is -2.43. The molecule has 0 N–H and O–H groups in total. The minimum absolute atomic E-state index is 0.0383. The van der Waals surface area contributed by atoms with Crippen molar-refractivity contribution in [3.8, 4) is 5.75 Å². The lowest BCUT2D eigenvalue weighted by atomic mass is 10.1. The second-order valence-electron chi connectivity index (χ2n) is 8.18. The van der Waals surface area contributed by atoms with Crippen molar-refractivity contribution in [3.05, 3.63) is 55.3 Å². The summed E-state index contributed by atoms with van der Waals surface area (Å²) in [7, 11) is 4.65. The quantitative estimate of drug-likeness (QED) is 0.539. The number of fused-ring (bicyclic) bond motifs is 1. The molecule has 0 radical (unpaired) electrons. The summed E-state index contributed by atoms with van der Waals surface area (Å²) in [6.45, 7) is 2.83. The number of carbonyl (C=O) groups is 1. The van der Waals surface area contributed by atoms with Crippen LogP contribution < -0.4 is 21.5 Å². The number of likely N-dealkylation sites (tertiary alicyclic amines) is 1. The van der Waals surface area contributed by atoms with Crippen LogP contribution in [0.15, 0.2) is 32.8 Å². The summed E-state index contributed by atoms with van der Waals surface area (Å²) >= 11 is 0. The van der Waals surface area contributed by atoms with E-state index in [4.69, 9.17) is 4.74 Å². The number of ether oxygens (including phenoxy) is 1. The van der Waals surface area contributed by atoms with Crippen molar-refractivity contribution in [1.82, 2.24) is 28.2 Å². The summed E-state index contributed by atoms with van der Waals surface area (Å²) in [5, 5.41) is 0. The molecule has 170 valence electrons. The molecule has 0 saturated carbocycles. The predicted octanol–water partition coefficient (Wildman–Crippen LogP) is -0.489. The van der Waals surface area contributed by atoms with Gasteiger partial charge in [0.2, 0.25) is 5.91 Å². The number of nitrogens with zero attached hydrogens (tertiary/aromatic N) is 6. The number of hydrogen-bond donors (Lipinski definition) is 0. The molecule has 11 nitrogen and oxygen atoms in total. The third kappa shape index (κ3) is 3.74. The Hall–Kier alpha value is -3.63. The lowest BCUT2D eigenvalue weighted by Gasteiger charge is -2.32. The van der Waals surface area contributed by atoms with Gasteiger partial charge in [0.25, 0.3) is 11.1 Å². The summed E-state index contributed by atoms with van der Waals surface area (Å²) in [6, 6.07) is 3.30. The van der Waals surface area contributed by atoms with Gasteiger partial charge in [-0.1, -0.05) is 0 Å². The molecular formula is C21H26N6O5. The van der Waals surface area contributed by atoms with E-state index in [2.05, 4.69) is 4.98 Å². The Kier molecular flexibility index (Phi) is 5.49. The molecule has 0 aliphatic carbocycles. The monoisotopic (exact) mass is 442 g/mol. The van der Waals surface area contributed by atoms with E-state index in [0.717, 1.165) is 10.3 Å². The van der Waals surface area contributed by atoms with Gasteiger partial charge in [-0.05, 0) is 13.0 Å². The van der Waals surface area contributed by atoms with Crippen molar-refractivity contribution in [2.45, 2.75) is 32.4 Å². The molecule has 1 fully saturated rings. The lowest BCUT2D eigenvalue weighted by molar-refractivity contribution is -0.133. The van der Waals surface area contributed by atoms with Crippen molar-refractivity contribution >= 4 is 17.1 Å². The van der Waals surface area contributed by atoms with E-state index in [-0.39, 0.29) is 35.3 Å². The summed E-state index contributed by atoms with van der Waals surface area (Å²) in [6.07, 6.45) is 2.61. The summed E-state index contributed by atoms with van der Waals surface area (Å²) in [4.78, 5) is 55.3. The highest BCUT2D eigenvalue weighted by atomic mass is 16.5. The molecule has 1 aliphatic heterocycles. The highest BCUT2D eigenvalue weighted by Crippen LogP contribution is 2.19. The molecule has 0 unspecified atom stereocenters. The van der Waals surface area contributed by atoms with Crippen LogP contribution in [0.25, 0.3) is 11.2 Å². The van der Waals surface area contributed by atoms with Gasteiger partial charge in [0.15, 0.2) is 11.2 Å². The fourth-order valence-corrected chi connectivity index (χ4v) is 3.98. The Labute approximate surface area is 183 Å². The smallest absolute Gasteiger partial charge is 0.332 e.